The number of anilines is 1. The Bertz CT molecular complexity index is 1030. The van der Waals surface area contributed by atoms with Crippen LogP contribution in [-0.2, 0) is 11.3 Å². The molecule has 9 heteroatoms. The molecule has 7 nitrogen and oxygen atoms in total. The highest BCUT2D eigenvalue weighted by molar-refractivity contribution is 7.99. The van der Waals surface area contributed by atoms with Gasteiger partial charge in [0.1, 0.15) is 11.5 Å². The largest absolute Gasteiger partial charge is 0.495 e. The fourth-order valence-corrected chi connectivity index (χ4v) is 3.88. The molecule has 1 N–H and O–H groups in total. The van der Waals surface area contributed by atoms with Crippen molar-refractivity contribution in [2.45, 2.75) is 25.5 Å². The normalized spacial score (nSPS) is 10.7. The van der Waals surface area contributed by atoms with Gasteiger partial charge in [-0.2, -0.15) is 0 Å². The zero-order valence-corrected chi connectivity index (χ0v) is 18.6. The molecule has 0 radical (unpaired) electrons. The highest BCUT2D eigenvalue weighted by atomic mass is 35.5. The Kier molecular flexibility index (Phi) is 7.59. The molecular formula is C21H23ClN4O3S. The fourth-order valence-electron chi connectivity index (χ4n) is 2.91. The van der Waals surface area contributed by atoms with Crippen LogP contribution in [0.4, 0.5) is 5.69 Å². The van der Waals surface area contributed by atoms with E-state index >= 15 is 0 Å². The van der Waals surface area contributed by atoms with E-state index in [9.17, 15) is 4.79 Å². The second kappa shape index (κ2) is 10.4. The van der Waals surface area contributed by atoms with Crippen molar-refractivity contribution in [2.75, 3.05) is 24.8 Å². The van der Waals surface area contributed by atoms with Crippen LogP contribution < -0.4 is 14.8 Å². The molecule has 1 heterocycles. The van der Waals surface area contributed by atoms with Gasteiger partial charge in [0.2, 0.25) is 5.91 Å². The van der Waals surface area contributed by atoms with E-state index in [2.05, 4.69) is 15.5 Å². The number of rotatable bonds is 9. The van der Waals surface area contributed by atoms with E-state index in [-0.39, 0.29) is 11.7 Å². The Hall–Kier alpha value is -2.71. The van der Waals surface area contributed by atoms with Crippen LogP contribution in [0.15, 0.2) is 47.6 Å². The molecule has 0 spiro atoms. The summed E-state index contributed by atoms with van der Waals surface area (Å²) >= 11 is 7.34. The first-order valence-corrected chi connectivity index (χ1v) is 10.8. The zero-order valence-electron chi connectivity index (χ0n) is 17.0. The first kappa shape index (κ1) is 22.0. The Morgan fingerprint density at radius 3 is 2.70 bits per heavy atom. The summed E-state index contributed by atoms with van der Waals surface area (Å²) in [6, 6.07) is 12.8. The Labute approximate surface area is 184 Å². The van der Waals surface area contributed by atoms with Crippen molar-refractivity contribution < 1.29 is 14.3 Å². The zero-order chi connectivity index (χ0) is 21.5. The number of nitrogens with zero attached hydrogens (tertiary/aromatic N) is 3. The van der Waals surface area contributed by atoms with Gasteiger partial charge in [-0.15, -0.1) is 10.2 Å². The number of para-hydroxylation sites is 1. The molecule has 1 amide bonds. The lowest BCUT2D eigenvalue weighted by molar-refractivity contribution is -0.113. The summed E-state index contributed by atoms with van der Waals surface area (Å²) in [6.07, 6.45) is 0. The number of aromatic nitrogens is 3. The summed E-state index contributed by atoms with van der Waals surface area (Å²) in [5.41, 5.74) is 1.40. The molecule has 0 saturated heterocycles. The van der Waals surface area contributed by atoms with E-state index in [0.29, 0.717) is 40.6 Å². The second-order valence-electron chi connectivity index (χ2n) is 6.16. The summed E-state index contributed by atoms with van der Waals surface area (Å²) < 4.78 is 13.0. The molecule has 158 valence electrons. The van der Waals surface area contributed by atoms with E-state index in [4.69, 9.17) is 21.1 Å². The van der Waals surface area contributed by atoms with Crippen LogP contribution in [0.5, 0.6) is 11.5 Å². The average Bonchev–Trinajstić information content (AvgIpc) is 3.16. The number of amides is 1. The van der Waals surface area contributed by atoms with Crippen LogP contribution in [0, 0.1) is 0 Å². The van der Waals surface area contributed by atoms with Crippen molar-refractivity contribution in [3.05, 3.63) is 47.5 Å². The van der Waals surface area contributed by atoms with Gasteiger partial charge in [-0.05, 0) is 44.2 Å². The van der Waals surface area contributed by atoms with Crippen LogP contribution in [0.25, 0.3) is 11.4 Å². The van der Waals surface area contributed by atoms with Crippen LogP contribution in [0.1, 0.15) is 13.8 Å². The monoisotopic (exact) mass is 446 g/mol. The third-order valence-electron chi connectivity index (χ3n) is 4.23. The molecule has 0 fully saturated rings. The van der Waals surface area contributed by atoms with Crippen molar-refractivity contribution >= 4 is 35.0 Å². The third-order valence-corrected chi connectivity index (χ3v) is 5.43. The van der Waals surface area contributed by atoms with Crippen LogP contribution >= 0.6 is 23.4 Å². The SMILES string of the molecule is CCOc1ccccc1-c1nnc(SCC(=O)Nc2cc(Cl)ccc2OC)n1CC. The minimum absolute atomic E-state index is 0.168. The van der Waals surface area contributed by atoms with Gasteiger partial charge in [0.25, 0.3) is 0 Å². The Balaban J connectivity index is 1.74. The molecule has 1 aromatic heterocycles. The van der Waals surface area contributed by atoms with Gasteiger partial charge in [0.05, 0.1) is 30.7 Å². The minimum Gasteiger partial charge on any atom is -0.495 e. The van der Waals surface area contributed by atoms with Gasteiger partial charge in [-0.3, -0.25) is 4.79 Å². The quantitative estimate of drug-likeness (QED) is 0.477. The van der Waals surface area contributed by atoms with Gasteiger partial charge < -0.3 is 19.4 Å². The van der Waals surface area contributed by atoms with E-state index in [1.807, 2.05) is 42.7 Å². The minimum atomic E-state index is -0.192. The number of ether oxygens (including phenoxy) is 2. The second-order valence-corrected chi connectivity index (χ2v) is 7.54. The summed E-state index contributed by atoms with van der Waals surface area (Å²) in [5, 5.41) is 12.6. The van der Waals surface area contributed by atoms with Crippen molar-refractivity contribution in [3.63, 3.8) is 0 Å². The molecule has 0 aliphatic carbocycles. The first-order chi connectivity index (χ1) is 14.6. The number of halogens is 1. The van der Waals surface area contributed by atoms with Gasteiger partial charge in [0, 0.05) is 11.6 Å². The van der Waals surface area contributed by atoms with Crippen LogP contribution in [0.2, 0.25) is 5.02 Å². The predicted molar refractivity (Wildman–Crippen MR) is 120 cm³/mol. The Morgan fingerprint density at radius 2 is 1.97 bits per heavy atom. The number of thioether (sulfide) groups is 1. The molecule has 0 aliphatic heterocycles. The molecule has 30 heavy (non-hydrogen) atoms. The molecule has 0 saturated carbocycles. The molecule has 0 unspecified atom stereocenters. The van der Waals surface area contributed by atoms with E-state index in [1.165, 1.54) is 11.8 Å². The van der Waals surface area contributed by atoms with Crippen LogP contribution in [0.3, 0.4) is 0 Å². The summed E-state index contributed by atoms with van der Waals surface area (Å²) in [6.45, 7) is 5.17. The number of nitrogens with one attached hydrogen (secondary N) is 1. The molecular weight excluding hydrogens is 424 g/mol. The number of benzene rings is 2. The van der Waals surface area contributed by atoms with Crippen LogP contribution in [-0.4, -0.2) is 40.1 Å². The van der Waals surface area contributed by atoms with Crippen molar-refractivity contribution in [1.82, 2.24) is 14.8 Å². The highest BCUT2D eigenvalue weighted by Crippen LogP contribution is 2.31. The lowest BCUT2D eigenvalue weighted by atomic mass is 10.2. The molecule has 2 aromatic carbocycles. The number of carbonyl (C=O) groups is 1. The van der Waals surface area contributed by atoms with Gasteiger partial charge >= 0.3 is 0 Å². The maximum Gasteiger partial charge on any atom is 0.234 e. The van der Waals surface area contributed by atoms with Gasteiger partial charge in [0.15, 0.2) is 11.0 Å². The maximum absolute atomic E-state index is 12.5. The molecule has 0 atom stereocenters. The maximum atomic E-state index is 12.5. The predicted octanol–water partition coefficient (Wildman–Crippen LogP) is 4.76. The summed E-state index contributed by atoms with van der Waals surface area (Å²) in [4.78, 5) is 12.5. The van der Waals surface area contributed by atoms with Gasteiger partial charge in [-0.1, -0.05) is 35.5 Å². The standard InChI is InChI=1S/C21H23ClN4O3S/c1-4-26-20(15-8-6-7-9-17(15)29-5-2)24-25-21(26)30-13-19(27)23-16-12-14(22)10-11-18(16)28-3/h6-12H,4-5,13H2,1-3H3,(H,23,27). The third kappa shape index (κ3) is 5.06. The van der Waals surface area contributed by atoms with Crippen molar-refractivity contribution in [3.8, 4) is 22.9 Å². The van der Waals surface area contributed by atoms with Crippen molar-refractivity contribution in [2.24, 2.45) is 0 Å². The van der Waals surface area contributed by atoms with Gasteiger partial charge in [-0.25, -0.2) is 0 Å². The van der Waals surface area contributed by atoms with Crippen molar-refractivity contribution in [1.29, 1.82) is 0 Å². The average molecular weight is 447 g/mol. The van der Waals surface area contributed by atoms with E-state index in [1.54, 1.807) is 25.3 Å². The first-order valence-electron chi connectivity index (χ1n) is 9.48. The molecule has 3 rings (SSSR count). The lowest BCUT2D eigenvalue weighted by Gasteiger charge is -2.12. The summed E-state index contributed by atoms with van der Waals surface area (Å²) in [7, 11) is 1.54. The lowest BCUT2D eigenvalue weighted by Crippen LogP contribution is -2.15. The number of hydrogen-bond acceptors (Lipinski definition) is 6. The molecule has 0 bridgehead atoms. The van der Waals surface area contributed by atoms with E-state index < -0.39 is 0 Å². The Morgan fingerprint density at radius 1 is 1.17 bits per heavy atom. The molecule has 3 aromatic rings. The highest BCUT2D eigenvalue weighted by Gasteiger charge is 2.18. The fraction of sp³-hybridized carbons (Fsp3) is 0.286. The number of carbonyl (C=O) groups excluding carboxylic acids is 1. The van der Waals surface area contributed by atoms with E-state index in [0.717, 1.165) is 11.3 Å². The molecule has 0 aliphatic rings. The number of methoxy groups -OCH3 is 1. The summed E-state index contributed by atoms with van der Waals surface area (Å²) in [5.74, 6) is 1.98. The topological polar surface area (TPSA) is 78.3 Å². The smallest absolute Gasteiger partial charge is 0.234 e. The number of hydrogen-bond donors (Lipinski definition) is 1.